The predicted molar refractivity (Wildman–Crippen MR) is 124 cm³/mol. The standard InChI is InChI=1S/C24H26FN3O4S/c1-2-31-23(30)17-8-9-21-20(12-17)27-24(28(21)14-16-5-3-6-18(25)11-16)33-15-22(29)26-13-19-7-4-10-32-19/h3,5-6,8-9,11-12,19H,2,4,7,10,13-15H2,1H3,(H,26,29)/t19-/m1/s1. The minimum atomic E-state index is -0.415. The van der Waals surface area contributed by atoms with Crippen LogP contribution in [0, 0.1) is 5.82 Å². The predicted octanol–water partition coefficient (Wildman–Crippen LogP) is 3.79. The molecule has 1 saturated heterocycles. The van der Waals surface area contributed by atoms with Gasteiger partial charge in [0.05, 0.1) is 41.6 Å². The highest BCUT2D eigenvalue weighted by molar-refractivity contribution is 7.99. The quantitative estimate of drug-likeness (QED) is 0.378. The number of nitrogens with zero attached hydrogens (tertiary/aromatic N) is 2. The van der Waals surface area contributed by atoms with Gasteiger partial charge >= 0.3 is 5.97 Å². The minimum Gasteiger partial charge on any atom is -0.462 e. The zero-order valence-corrected chi connectivity index (χ0v) is 19.2. The summed E-state index contributed by atoms with van der Waals surface area (Å²) in [5.41, 5.74) is 2.58. The first-order valence-corrected chi connectivity index (χ1v) is 11.9. The first-order chi connectivity index (χ1) is 16.0. The molecule has 0 bridgehead atoms. The average Bonchev–Trinajstić information content (AvgIpc) is 3.44. The largest absolute Gasteiger partial charge is 0.462 e. The van der Waals surface area contributed by atoms with Crippen LogP contribution in [-0.4, -0.2) is 53.0 Å². The molecule has 174 valence electrons. The molecule has 0 spiro atoms. The summed E-state index contributed by atoms with van der Waals surface area (Å²) in [7, 11) is 0. The number of halogens is 1. The van der Waals surface area contributed by atoms with Crippen molar-refractivity contribution in [1.82, 2.24) is 14.9 Å². The summed E-state index contributed by atoms with van der Waals surface area (Å²) in [6.45, 7) is 3.66. The van der Waals surface area contributed by atoms with E-state index in [0.29, 0.717) is 29.3 Å². The maximum atomic E-state index is 13.7. The molecule has 0 saturated carbocycles. The van der Waals surface area contributed by atoms with Crippen molar-refractivity contribution in [3.63, 3.8) is 0 Å². The SMILES string of the molecule is CCOC(=O)c1ccc2c(c1)nc(SCC(=O)NC[C@H]1CCCO1)n2Cc1cccc(F)c1. The van der Waals surface area contributed by atoms with Gasteiger partial charge in [-0.15, -0.1) is 0 Å². The summed E-state index contributed by atoms with van der Waals surface area (Å²) < 4.78 is 26.3. The second kappa shape index (κ2) is 10.8. The number of benzene rings is 2. The minimum absolute atomic E-state index is 0.0813. The molecular formula is C24H26FN3O4S. The fraction of sp³-hybridized carbons (Fsp3) is 0.375. The molecule has 1 fully saturated rings. The van der Waals surface area contributed by atoms with Crippen molar-refractivity contribution in [3.05, 3.63) is 59.4 Å². The Labute approximate surface area is 195 Å². The number of hydrogen-bond acceptors (Lipinski definition) is 6. The number of rotatable bonds is 9. The summed E-state index contributed by atoms with van der Waals surface area (Å²) in [5.74, 6) is -0.651. The Morgan fingerprint density at radius 2 is 2.18 bits per heavy atom. The molecule has 9 heteroatoms. The molecule has 1 aromatic heterocycles. The van der Waals surface area contributed by atoms with Gasteiger partial charge in [0.2, 0.25) is 5.91 Å². The Balaban J connectivity index is 1.55. The van der Waals surface area contributed by atoms with E-state index >= 15 is 0 Å². The van der Waals surface area contributed by atoms with Gasteiger partial charge in [-0.1, -0.05) is 23.9 Å². The van der Waals surface area contributed by atoms with E-state index in [1.54, 1.807) is 31.2 Å². The van der Waals surface area contributed by atoms with Crippen LogP contribution < -0.4 is 5.32 Å². The number of carbonyl (C=O) groups is 2. The number of amides is 1. The molecule has 7 nitrogen and oxygen atoms in total. The van der Waals surface area contributed by atoms with E-state index in [0.717, 1.165) is 30.5 Å². The van der Waals surface area contributed by atoms with Crippen molar-refractivity contribution in [2.45, 2.75) is 37.6 Å². The van der Waals surface area contributed by atoms with E-state index in [1.165, 1.54) is 23.9 Å². The molecule has 1 amide bonds. The number of aromatic nitrogens is 2. The van der Waals surface area contributed by atoms with E-state index in [1.807, 2.05) is 10.6 Å². The van der Waals surface area contributed by atoms with Gasteiger partial charge in [-0.2, -0.15) is 0 Å². The van der Waals surface area contributed by atoms with Crippen molar-refractivity contribution < 1.29 is 23.5 Å². The molecule has 0 unspecified atom stereocenters. The summed E-state index contributed by atoms with van der Waals surface area (Å²) in [6.07, 6.45) is 2.06. The number of ether oxygens (including phenoxy) is 2. The highest BCUT2D eigenvalue weighted by Crippen LogP contribution is 2.26. The van der Waals surface area contributed by atoms with E-state index in [4.69, 9.17) is 9.47 Å². The number of nitrogens with one attached hydrogen (secondary N) is 1. The van der Waals surface area contributed by atoms with Crippen molar-refractivity contribution in [2.75, 3.05) is 25.5 Å². The lowest BCUT2D eigenvalue weighted by Gasteiger charge is -2.11. The maximum Gasteiger partial charge on any atom is 0.338 e. The number of esters is 1. The molecule has 4 rings (SSSR count). The normalized spacial score (nSPS) is 15.6. The second-order valence-electron chi connectivity index (χ2n) is 7.76. The topological polar surface area (TPSA) is 82.4 Å². The maximum absolute atomic E-state index is 13.7. The highest BCUT2D eigenvalue weighted by atomic mass is 32.2. The number of hydrogen-bond donors (Lipinski definition) is 1. The van der Waals surface area contributed by atoms with Gasteiger partial charge in [0, 0.05) is 13.2 Å². The fourth-order valence-corrected chi connectivity index (χ4v) is 4.59. The molecule has 33 heavy (non-hydrogen) atoms. The van der Waals surface area contributed by atoms with Crippen LogP contribution in [0.15, 0.2) is 47.6 Å². The molecule has 1 aliphatic heterocycles. The van der Waals surface area contributed by atoms with Crippen LogP contribution in [0.3, 0.4) is 0 Å². The van der Waals surface area contributed by atoms with Gasteiger partial charge in [0.1, 0.15) is 5.82 Å². The number of fused-ring (bicyclic) bond motifs is 1. The Hall–Kier alpha value is -2.91. The van der Waals surface area contributed by atoms with E-state index in [9.17, 15) is 14.0 Å². The Bertz CT molecular complexity index is 1140. The van der Waals surface area contributed by atoms with Crippen LogP contribution in [0.5, 0.6) is 0 Å². The second-order valence-corrected chi connectivity index (χ2v) is 8.70. The van der Waals surface area contributed by atoms with Gasteiger partial charge < -0.3 is 19.4 Å². The third-order valence-electron chi connectivity index (χ3n) is 5.34. The molecule has 2 heterocycles. The van der Waals surface area contributed by atoms with Crippen molar-refractivity contribution in [1.29, 1.82) is 0 Å². The summed E-state index contributed by atoms with van der Waals surface area (Å²) >= 11 is 1.30. The van der Waals surface area contributed by atoms with E-state index in [-0.39, 0.29) is 30.2 Å². The lowest BCUT2D eigenvalue weighted by Crippen LogP contribution is -2.32. The van der Waals surface area contributed by atoms with E-state index in [2.05, 4.69) is 10.3 Å². The van der Waals surface area contributed by atoms with Crippen LogP contribution in [0.1, 0.15) is 35.7 Å². The first-order valence-electron chi connectivity index (χ1n) is 11.0. The molecule has 0 aliphatic carbocycles. The lowest BCUT2D eigenvalue weighted by atomic mass is 10.2. The van der Waals surface area contributed by atoms with Gasteiger partial charge in [-0.25, -0.2) is 14.2 Å². The number of thioether (sulfide) groups is 1. The molecule has 1 atom stereocenters. The van der Waals surface area contributed by atoms with Crippen molar-refractivity contribution in [2.24, 2.45) is 0 Å². The Kier molecular flexibility index (Phi) is 7.61. The third kappa shape index (κ3) is 5.91. The lowest BCUT2D eigenvalue weighted by molar-refractivity contribution is -0.119. The molecule has 1 N–H and O–H groups in total. The van der Waals surface area contributed by atoms with Crippen molar-refractivity contribution >= 4 is 34.7 Å². The van der Waals surface area contributed by atoms with Gasteiger partial charge in [-0.3, -0.25) is 4.79 Å². The van der Waals surface area contributed by atoms with Crippen molar-refractivity contribution in [3.8, 4) is 0 Å². The highest BCUT2D eigenvalue weighted by Gasteiger charge is 2.18. The first kappa shape index (κ1) is 23.3. The van der Waals surface area contributed by atoms with Crippen LogP contribution in [0.25, 0.3) is 11.0 Å². The smallest absolute Gasteiger partial charge is 0.338 e. The third-order valence-corrected chi connectivity index (χ3v) is 6.31. The fourth-order valence-electron chi connectivity index (χ4n) is 3.74. The van der Waals surface area contributed by atoms with Crippen LogP contribution in [0.4, 0.5) is 4.39 Å². The average molecular weight is 472 g/mol. The monoisotopic (exact) mass is 471 g/mol. The summed E-state index contributed by atoms with van der Waals surface area (Å²) in [5, 5.41) is 3.52. The van der Waals surface area contributed by atoms with Gasteiger partial charge in [0.15, 0.2) is 5.16 Å². The molecule has 2 aromatic carbocycles. The molecule has 0 radical (unpaired) electrons. The summed E-state index contributed by atoms with van der Waals surface area (Å²) in [4.78, 5) is 29.2. The Morgan fingerprint density at radius 1 is 1.30 bits per heavy atom. The van der Waals surface area contributed by atoms with Gasteiger partial charge in [-0.05, 0) is 55.7 Å². The van der Waals surface area contributed by atoms with Gasteiger partial charge in [0.25, 0.3) is 0 Å². The molecular weight excluding hydrogens is 445 g/mol. The molecule has 3 aromatic rings. The van der Waals surface area contributed by atoms with Crippen LogP contribution in [-0.2, 0) is 20.8 Å². The molecule has 1 aliphatic rings. The Morgan fingerprint density at radius 3 is 2.94 bits per heavy atom. The van der Waals surface area contributed by atoms with E-state index < -0.39 is 5.97 Å². The number of carbonyl (C=O) groups excluding carboxylic acids is 2. The summed E-state index contributed by atoms with van der Waals surface area (Å²) in [6, 6.07) is 11.5. The zero-order chi connectivity index (χ0) is 23.2. The van der Waals surface area contributed by atoms with Crippen LogP contribution >= 0.6 is 11.8 Å². The zero-order valence-electron chi connectivity index (χ0n) is 18.4. The number of imidazole rings is 1. The van der Waals surface area contributed by atoms with Crippen LogP contribution in [0.2, 0.25) is 0 Å².